The standard InChI is InChI=1S/C9H7ClOS2/c1-11-6-3-2-5(10)9-8(6)7(12)4-13-9/h2-4,12H,1H3. The molecule has 0 spiro atoms. The smallest absolute Gasteiger partial charge is 0.128 e. The lowest BCUT2D eigenvalue weighted by atomic mass is 10.2. The van der Waals surface area contributed by atoms with Crippen molar-refractivity contribution in [1.29, 1.82) is 0 Å². The molecule has 0 amide bonds. The third-order valence-corrected chi connectivity index (χ3v) is 3.80. The summed E-state index contributed by atoms with van der Waals surface area (Å²) < 4.78 is 6.25. The number of methoxy groups -OCH3 is 1. The first kappa shape index (κ1) is 9.19. The summed E-state index contributed by atoms with van der Waals surface area (Å²) in [6, 6.07) is 3.70. The molecule has 13 heavy (non-hydrogen) atoms. The minimum Gasteiger partial charge on any atom is -0.496 e. The lowest BCUT2D eigenvalue weighted by Crippen LogP contribution is -1.82. The van der Waals surface area contributed by atoms with Gasteiger partial charge in [-0.2, -0.15) is 0 Å². The Bertz CT molecular complexity index is 450. The van der Waals surface area contributed by atoms with Crippen molar-refractivity contribution < 1.29 is 4.74 Å². The first-order valence-electron chi connectivity index (χ1n) is 3.66. The molecule has 0 aliphatic rings. The number of halogens is 1. The van der Waals surface area contributed by atoms with Gasteiger partial charge in [0.05, 0.1) is 16.8 Å². The summed E-state index contributed by atoms with van der Waals surface area (Å²) in [7, 11) is 1.65. The van der Waals surface area contributed by atoms with Crippen LogP contribution in [0.1, 0.15) is 0 Å². The Morgan fingerprint density at radius 2 is 2.23 bits per heavy atom. The molecule has 0 bridgehead atoms. The van der Waals surface area contributed by atoms with Gasteiger partial charge in [-0.3, -0.25) is 0 Å². The molecule has 2 aromatic rings. The SMILES string of the molecule is COc1ccc(Cl)c2scc(S)c12. The molecule has 4 heteroatoms. The molecule has 0 aliphatic heterocycles. The van der Waals surface area contributed by atoms with E-state index in [0.717, 1.165) is 25.8 Å². The summed E-state index contributed by atoms with van der Waals surface area (Å²) in [6.45, 7) is 0. The van der Waals surface area contributed by atoms with Crippen molar-refractivity contribution in [1.82, 2.24) is 0 Å². The fraction of sp³-hybridized carbons (Fsp3) is 0.111. The van der Waals surface area contributed by atoms with Crippen LogP contribution in [0.5, 0.6) is 5.75 Å². The van der Waals surface area contributed by atoms with Crippen LogP contribution in [0.15, 0.2) is 22.4 Å². The number of hydrogen-bond donors (Lipinski definition) is 1. The van der Waals surface area contributed by atoms with Crippen molar-refractivity contribution in [2.24, 2.45) is 0 Å². The van der Waals surface area contributed by atoms with Crippen molar-refractivity contribution in [3.8, 4) is 5.75 Å². The van der Waals surface area contributed by atoms with Gasteiger partial charge < -0.3 is 4.74 Å². The third-order valence-electron chi connectivity index (χ3n) is 1.84. The van der Waals surface area contributed by atoms with E-state index in [4.69, 9.17) is 16.3 Å². The Morgan fingerprint density at radius 1 is 1.46 bits per heavy atom. The van der Waals surface area contributed by atoms with E-state index in [1.807, 2.05) is 17.5 Å². The average molecular weight is 231 g/mol. The number of benzene rings is 1. The zero-order valence-corrected chi connectivity index (χ0v) is 9.34. The van der Waals surface area contributed by atoms with E-state index >= 15 is 0 Å². The maximum absolute atomic E-state index is 6.02. The molecule has 0 atom stereocenters. The second kappa shape index (κ2) is 3.40. The van der Waals surface area contributed by atoms with Crippen LogP contribution in [0, 0.1) is 0 Å². The van der Waals surface area contributed by atoms with Gasteiger partial charge in [0.2, 0.25) is 0 Å². The molecule has 1 heterocycles. The van der Waals surface area contributed by atoms with Gasteiger partial charge >= 0.3 is 0 Å². The molecule has 68 valence electrons. The first-order chi connectivity index (χ1) is 6.24. The highest BCUT2D eigenvalue weighted by Gasteiger charge is 2.09. The highest BCUT2D eigenvalue weighted by Crippen LogP contribution is 2.39. The van der Waals surface area contributed by atoms with Crippen LogP contribution in [-0.4, -0.2) is 7.11 Å². The lowest BCUT2D eigenvalue weighted by Gasteiger charge is -2.02. The Balaban J connectivity index is 2.88. The Labute approximate surface area is 90.7 Å². The van der Waals surface area contributed by atoms with E-state index < -0.39 is 0 Å². The molecule has 1 aromatic carbocycles. The molecule has 0 fully saturated rings. The summed E-state index contributed by atoms with van der Waals surface area (Å²) in [5.41, 5.74) is 0. The van der Waals surface area contributed by atoms with Gasteiger partial charge in [0.1, 0.15) is 5.75 Å². The number of thiophene rings is 1. The highest BCUT2D eigenvalue weighted by atomic mass is 35.5. The third kappa shape index (κ3) is 1.41. The van der Waals surface area contributed by atoms with E-state index in [2.05, 4.69) is 12.6 Å². The van der Waals surface area contributed by atoms with E-state index in [0.29, 0.717) is 0 Å². The molecule has 0 saturated heterocycles. The van der Waals surface area contributed by atoms with Crippen LogP contribution in [0.25, 0.3) is 10.1 Å². The largest absolute Gasteiger partial charge is 0.496 e. The number of ether oxygens (including phenoxy) is 1. The first-order valence-corrected chi connectivity index (χ1v) is 5.37. The topological polar surface area (TPSA) is 9.23 Å². The Kier molecular flexibility index (Phi) is 2.41. The molecule has 2 rings (SSSR count). The molecule has 0 aliphatic carbocycles. The molecule has 0 radical (unpaired) electrons. The van der Waals surface area contributed by atoms with Gasteiger partial charge in [0, 0.05) is 15.7 Å². The summed E-state index contributed by atoms with van der Waals surface area (Å²) in [5.74, 6) is 0.825. The molecule has 0 N–H and O–H groups in total. The van der Waals surface area contributed by atoms with Crippen LogP contribution >= 0.6 is 35.6 Å². The lowest BCUT2D eigenvalue weighted by molar-refractivity contribution is 0.419. The molecular weight excluding hydrogens is 224 g/mol. The number of rotatable bonds is 1. The van der Waals surface area contributed by atoms with Crippen molar-refractivity contribution in [3.63, 3.8) is 0 Å². The minimum absolute atomic E-state index is 0.751. The van der Waals surface area contributed by atoms with Gasteiger partial charge in [-0.15, -0.1) is 24.0 Å². The van der Waals surface area contributed by atoms with E-state index in [1.54, 1.807) is 18.4 Å². The van der Waals surface area contributed by atoms with Crippen molar-refractivity contribution in [2.45, 2.75) is 4.90 Å². The van der Waals surface area contributed by atoms with Crippen molar-refractivity contribution >= 4 is 45.7 Å². The summed E-state index contributed by atoms with van der Waals surface area (Å²) in [6.07, 6.45) is 0. The summed E-state index contributed by atoms with van der Waals surface area (Å²) in [5, 5.41) is 3.71. The fourth-order valence-corrected chi connectivity index (χ4v) is 2.84. The maximum Gasteiger partial charge on any atom is 0.128 e. The van der Waals surface area contributed by atoms with Crippen molar-refractivity contribution in [3.05, 3.63) is 22.5 Å². The predicted octanol–water partition coefficient (Wildman–Crippen LogP) is 3.85. The monoisotopic (exact) mass is 230 g/mol. The van der Waals surface area contributed by atoms with Gasteiger partial charge in [-0.25, -0.2) is 0 Å². The Hall–Kier alpha value is -0.380. The van der Waals surface area contributed by atoms with Gasteiger partial charge in [-0.05, 0) is 12.1 Å². The Morgan fingerprint density at radius 3 is 2.92 bits per heavy atom. The van der Waals surface area contributed by atoms with E-state index in [9.17, 15) is 0 Å². The molecule has 0 saturated carbocycles. The minimum atomic E-state index is 0.751. The van der Waals surface area contributed by atoms with Gasteiger partial charge in [0.15, 0.2) is 0 Å². The van der Waals surface area contributed by atoms with Crippen LogP contribution < -0.4 is 4.74 Å². The number of thiol groups is 1. The van der Waals surface area contributed by atoms with E-state index in [-0.39, 0.29) is 0 Å². The van der Waals surface area contributed by atoms with E-state index in [1.165, 1.54) is 0 Å². The highest BCUT2D eigenvalue weighted by molar-refractivity contribution is 7.80. The van der Waals surface area contributed by atoms with Crippen LogP contribution in [-0.2, 0) is 0 Å². The molecule has 1 nitrogen and oxygen atoms in total. The zero-order valence-electron chi connectivity index (χ0n) is 6.87. The second-order valence-electron chi connectivity index (χ2n) is 2.57. The number of hydrogen-bond acceptors (Lipinski definition) is 3. The van der Waals surface area contributed by atoms with Crippen LogP contribution in [0.2, 0.25) is 5.02 Å². The molecule has 1 aromatic heterocycles. The van der Waals surface area contributed by atoms with Gasteiger partial charge in [-0.1, -0.05) is 11.6 Å². The van der Waals surface area contributed by atoms with Crippen LogP contribution in [0.3, 0.4) is 0 Å². The predicted molar refractivity (Wildman–Crippen MR) is 60.6 cm³/mol. The second-order valence-corrected chi connectivity index (χ2v) is 4.34. The molecular formula is C9H7ClOS2. The van der Waals surface area contributed by atoms with Gasteiger partial charge in [0.25, 0.3) is 0 Å². The van der Waals surface area contributed by atoms with Crippen LogP contribution in [0.4, 0.5) is 0 Å². The molecule has 0 unspecified atom stereocenters. The maximum atomic E-state index is 6.02. The number of fused-ring (bicyclic) bond motifs is 1. The summed E-state index contributed by atoms with van der Waals surface area (Å²) in [4.78, 5) is 0.916. The van der Waals surface area contributed by atoms with Crippen molar-refractivity contribution in [2.75, 3.05) is 7.11 Å². The normalized spacial score (nSPS) is 10.7. The average Bonchev–Trinajstić information content (AvgIpc) is 2.51. The quantitative estimate of drug-likeness (QED) is 0.733. The zero-order chi connectivity index (χ0) is 9.42. The fourth-order valence-electron chi connectivity index (χ4n) is 1.24. The summed E-state index contributed by atoms with van der Waals surface area (Å²) >= 11 is 11.9.